The summed E-state index contributed by atoms with van der Waals surface area (Å²) in [4.78, 5) is 12.1. The van der Waals surface area contributed by atoms with Crippen LogP contribution < -0.4 is 14.4 Å². The van der Waals surface area contributed by atoms with Gasteiger partial charge in [-0.05, 0) is 51.5 Å². The van der Waals surface area contributed by atoms with E-state index in [1.807, 2.05) is 27.7 Å². The molecule has 1 N–H and O–H groups in total. The Labute approximate surface area is 145 Å². The fourth-order valence-electron chi connectivity index (χ4n) is 2.32. The van der Waals surface area contributed by atoms with Gasteiger partial charge in [0.05, 0.1) is 18.0 Å². The SMILES string of the molecule is CCCC(C)NC(=O)CN(c1ccc(OC(C)C)cc1)S(C)(=O)=O. The highest BCUT2D eigenvalue weighted by Gasteiger charge is 2.21. The molecule has 0 aliphatic rings. The van der Waals surface area contributed by atoms with Crippen LogP contribution >= 0.6 is 0 Å². The van der Waals surface area contributed by atoms with Crippen molar-refractivity contribution >= 4 is 21.6 Å². The summed E-state index contributed by atoms with van der Waals surface area (Å²) in [6.07, 6.45) is 2.93. The molecule has 24 heavy (non-hydrogen) atoms. The van der Waals surface area contributed by atoms with Crippen LogP contribution in [0.1, 0.15) is 40.5 Å². The molecular formula is C17H28N2O4S. The third-order valence-electron chi connectivity index (χ3n) is 3.31. The molecule has 1 aromatic carbocycles. The van der Waals surface area contributed by atoms with Crippen molar-refractivity contribution in [1.82, 2.24) is 5.32 Å². The van der Waals surface area contributed by atoms with Crippen LogP contribution in [0.3, 0.4) is 0 Å². The monoisotopic (exact) mass is 356 g/mol. The molecule has 136 valence electrons. The summed E-state index contributed by atoms with van der Waals surface area (Å²) < 4.78 is 30.8. The number of anilines is 1. The molecule has 0 saturated carbocycles. The first-order chi connectivity index (χ1) is 11.1. The number of ether oxygens (including phenoxy) is 1. The number of nitrogens with zero attached hydrogens (tertiary/aromatic N) is 1. The predicted octanol–water partition coefficient (Wildman–Crippen LogP) is 2.54. The molecule has 7 heteroatoms. The van der Waals surface area contributed by atoms with E-state index in [9.17, 15) is 13.2 Å². The van der Waals surface area contributed by atoms with Crippen LogP contribution in [-0.2, 0) is 14.8 Å². The molecule has 0 aliphatic carbocycles. The van der Waals surface area contributed by atoms with Crippen molar-refractivity contribution < 1.29 is 17.9 Å². The van der Waals surface area contributed by atoms with E-state index in [0.29, 0.717) is 11.4 Å². The lowest BCUT2D eigenvalue weighted by atomic mass is 10.2. The largest absolute Gasteiger partial charge is 0.491 e. The third-order valence-corrected chi connectivity index (χ3v) is 4.45. The van der Waals surface area contributed by atoms with Crippen molar-refractivity contribution in [3.63, 3.8) is 0 Å². The predicted molar refractivity (Wildman–Crippen MR) is 96.9 cm³/mol. The molecule has 1 atom stereocenters. The van der Waals surface area contributed by atoms with E-state index >= 15 is 0 Å². The van der Waals surface area contributed by atoms with Crippen LogP contribution in [0.4, 0.5) is 5.69 Å². The van der Waals surface area contributed by atoms with Crippen LogP contribution in [-0.4, -0.2) is 39.3 Å². The topological polar surface area (TPSA) is 75.7 Å². The van der Waals surface area contributed by atoms with Crippen LogP contribution in [0.5, 0.6) is 5.75 Å². The second-order valence-corrected chi connectivity index (χ2v) is 8.09. The first-order valence-corrected chi connectivity index (χ1v) is 10.0. The molecule has 1 unspecified atom stereocenters. The van der Waals surface area contributed by atoms with Gasteiger partial charge in [-0.1, -0.05) is 13.3 Å². The Morgan fingerprint density at radius 1 is 1.21 bits per heavy atom. The zero-order valence-corrected chi connectivity index (χ0v) is 15.9. The minimum atomic E-state index is -3.57. The Hall–Kier alpha value is -1.76. The van der Waals surface area contributed by atoms with Gasteiger partial charge in [0, 0.05) is 6.04 Å². The van der Waals surface area contributed by atoms with Crippen LogP contribution in [0.15, 0.2) is 24.3 Å². The highest BCUT2D eigenvalue weighted by Crippen LogP contribution is 2.22. The summed E-state index contributed by atoms with van der Waals surface area (Å²) in [6.45, 7) is 7.53. The summed E-state index contributed by atoms with van der Waals surface area (Å²) >= 11 is 0. The highest BCUT2D eigenvalue weighted by molar-refractivity contribution is 7.92. The van der Waals surface area contributed by atoms with Gasteiger partial charge in [0.1, 0.15) is 12.3 Å². The van der Waals surface area contributed by atoms with E-state index in [-0.39, 0.29) is 24.6 Å². The maximum atomic E-state index is 12.1. The van der Waals surface area contributed by atoms with Crippen molar-refractivity contribution in [2.24, 2.45) is 0 Å². The molecule has 1 aromatic rings. The van der Waals surface area contributed by atoms with Crippen molar-refractivity contribution in [3.8, 4) is 5.75 Å². The fourth-order valence-corrected chi connectivity index (χ4v) is 3.18. The number of sulfonamides is 1. The fraction of sp³-hybridized carbons (Fsp3) is 0.588. The molecule has 1 rings (SSSR count). The van der Waals surface area contributed by atoms with E-state index in [1.165, 1.54) is 0 Å². The number of rotatable bonds is 9. The minimum absolute atomic E-state index is 0.0192. The lowest BCUT2D eigenvalue weighted by Crippen LogP contribution is -2.43. The Kier molecular flexibility index (Phi) is 7.54. The number of nitrogens with one attached hydrogen (secondary N) is 1. The standard InChI is InChI=1S/C17H28N2O4S/c1-6-7-14(4)18-17(20)12-19(24(5,21)22)15-8-10-16(11-9-15)23-13(2)3/h8-11,13-14H,6-7,12H2,1-5H3,(H,18,20). The molecule has 0 aromatic heterocycles. The summed E-state index contributed by atoms with van der Waals surface area (Å²) in [5.74, 6) is 0.340. The molecule has 0 fully saturated rings. The van der Waals surface area contributed by atoms with Gasteiger partial charge in [-0.3, -0.25) is 9.10 Å². The zero-order chi connectivity index (χ0) is 18.3. The molecular weight excluding hydrogens is 328 g/mol. The molecule has 1 amide bonds. The van der Waals surface area contributed by atoms with Gasteiger partial charge in [0.2, 0.25) is 15.9 Å². The quantitative estimate of drug-likeness (QED) is 0.738. The Morgan fingerprint density at radius 3 is 2.25 bits per heavy atom. The van der Waals surface area contributed by atoms with Gasteiger partial charge in [0.25, 0.3) is 0 Å². The molecule has 0 bridgehead atoms. The number of carbonyl (C=O) groups excluding carboxylic acids is 1. The number of hydrogen-bond donors (Lipinski definition) is 1. The van der Waals surface area contributed by atoms with Crippen molar-refractivity contribution in [3.05, 3.63) is 24.3 Å². The van der Waals surface area contributed by atoms with Crippen LogP contribution in [0.25, 0.3) is 0 Å². The summed E-state index contributed by atoms with van der Waals surface area (Å²) in [7, 11) is -3.57. The van der Waals surface area contributed by atoms with Gasteiger partial charge in [-0.25, -0.2) is 8.42 Å². The van der Waals surface area contributed by atoms with Gasteiger partial charge in [0.15, 0.2) is 0 Å². The van der Waals surface area contributed by atoms with E-state index in [2.05, 4.69) is 5.32 Å². The van der Waals surface area contributed by atoms with Crippen LogP contribution in [0.2, 0.25) is 0 Å². The Bertz CT molecular complexity index is 626. The molecule has 0 heterocycles. The van der Waals surface area contributed by atoms with E-state index in [1.54, 1.807) is 24.3 Å². The van der Waals surface area contributed by atoms with Crippen molar-refractivity contribution in [1.29, 1.82) is 0 Å². The lowest BCUT2D eigenvalue weighted by molar-refractivity contribution is -0.120. The molecule has 0 radical (unpaired) electrons. The van der Waals surface area contributed by atoms with Gasteiger partial charge in [-0.2, -0.15) is 0 Å². The smallest absolute Gasteiger partial charge is 0.240 e. The normalized spacial score (nSPS) is 12.8. The maximum absolute atomic E-state index is 12.1. The van der Waals surface area contributed by atoms with E-state index < -0.39 is 10.0 Å². The third kappa shape index (κ3) is 6.78. The summed E-state index contributed by atoms with van der Waals surface area (Å²) in [6, 6.07) is 6.70. The molecule has 6 nitrogen and oxygen atoms in total. The van der Waals surface area contributed by atoms with Gasteiger partial charge < -0.3 is 10.1 Å². The first kappa shape index (κ1) is 20.3. The lowest BCUT2D eigenvalue weighted by Gasteiger charge is -2.23. The number of amides is 1. The van der Waals surface area contributed by atoms with Gasteiger partial charge in [-0.15, -0.1) is 0 Å². The average Bonchev–Trinajstić information content (AvgIpc) is 2.44. The number of hydrogen-bond acceptors (Lipinski definition) is 4. The number of carbonyl (C=O) groups is 1. The zero-order valence-electron chi connectivity index (χ0n) is 15.1. The first-order valence-electron chi connectivity index (χ1n) is 8.17. The number of benzene rings is 1. The van der Waals surface area contributed by atoms with E-state index in [0.717, 1.165) is 23.4 Å². The maximum Gasteiger partial charge on any atom is 0.240 e. The van der Waals surface area contributed by atoms with Crippen LogP contribution in [0, 0.1) is 0 Å². The summed E-state index contributed by atoms with van der Waals surface area (Å²) in [5.41, 5.74) is 0.437. The second kappa shape index (κ2) is 8.92. The second-order valence-electron chi connectivity index (χ2n) is 6.19. The van der Waals surface area contributed by atoms with Crippen molar-refractivity contribution in [2.45, 2.75) is 52.7 Å². The highest BCUT2D eigenvalue weighted by atomic mass is 32.2. The Balaban J connectivity index is 2.88. The van der Waals surface area contributed by atoms with Crippen molar-refractivity contribution in [2.75, 3.05) is 17.1 Å². The molecule has 0 spiro atoms. The molecule has 0 saturated heterocycles. The average molecular weight is 356 g/mol. The molecule has 0 aliphatic heterocycles. The summed E-state index contributed by atoms with van der Waals surface area (Å²) in [5, 5.41) is 2.82. The Morgan fingerprint density at radius 2 is 1.79 bits per heavy atom. The minimum Gasteiger partial charge on any atom is -0.491 e. The van der Waals surface area contributed by atoms with E-state index in [4.69, 9.17) is 4.74 Å². The van der Waals surface area contributed by atoms with Gasteiger partial charge >= 0.3 is 0 Å².